The molecule has 1 N–H and O–H groups in total. The zero-order valence-electron chi connectivity index (χ0n) is 14.7. The highest BCUT2D eigenvalue weighted by atomic mass is 16.6. The lowest BCUT2D eigenvalue weighted by Gasteiger charge is -2.34. The fraction of sp³-hybridized carbons (Fsp3) is 0.611. The maximum Gasteiger partial charge on any atom is 0.292 e. The summed E-state index contributed by atoms with van der Waals surface area (Å²) in [6, 6.07) is 7.12. The summed E-state index contributed by atoms with van der Waals surface area (Å²) in [6.07, 6.45) is 3.50. The van der Waals surface area contributed by atoms with Gasteiger partial charge in [0.15, 0.2) is 0 Å². The third-order valence-electron chi connectivity index (χ3n) is 5.35. The average molecular weight is 346 g/mol. The van der Waals surface area contributed by atoms with Crippen molar-refractivity contribution in [3.05, 3.63) is 34.4 Å². The zero-order chi connectivity index (χ0) is 17.8. The van der Waals surface area contributed by atoms with Crippen molar-refractivity contribution < 1.29 is 9.72 Å². The molecule has 25 heavy (non-hydrogen) atoms. The van der Waals surface area contributed by atoms with Crippen molar-refractivity contribution >= 4 is 17.3 Å². The van der Waals surface area contributed by atoms with Crippen LogP contribution in [0.3, 0.4) is 0 Å². The van der Waals surface area contributed by atoms with Gasteiger partial charge in [-0.3, -0.25) is 14.9 Å². The maximum absolute atomic E-state index is 12.5. The molecule has 2 saturated heterocycles. The Balaban J connectivity index is 1.53. The molecule has 1 amide bonds. The first kappa shape index (κ1) is 17.7. The molecule has 1 aromatic carbocycles. The second-order valence-corrected chi connectivity index (χ2v) is 7.09. The first-order chi connectivity index (χ1) is 12.0. The van der Waals surface area contributed by atoms with Gasteiger partial charge in [-0.25, -0.2) is 0 Å². The number of piperidine rings is 2. The van der Waals surface area contributed by atoms with E-state index in [4.69, 9.17) is 0 Å². The van der Waals surface area contributed by atoms with Gasteiger partial charge in [0.25, 0.3) is 5.69 Å². The van der Waals surface area contributed by atoms with E-state index in [1.165, 1.54) is 6.07 Å². The van der Waals surface area contributed by atoms with Gasteiger partial charge in [0, 0.05) is 31.1 Å². The van der Waals surface area contributed by atoms with Gasteiger partial charge in [0.1, 0.15) is 5.69 Å². The number of nitrogens with one attached hydrogen (secondary N) is 1. The lowest BCUT2D eigenvalue weighted by atomic mass is 9.94. The first-order valence-electron chi connectivity index (χ1n) is 9.02. The van der Waals surface area contributed by atoms with Crippen molar-refractivity contribution in [3.8, 4) is 0 Å². The number of likely N-dealkylation sites (tertiary alicyclic amines) is 1. The second-order valence-electron chi connectivity index (χ2n) is 7.09. The Morgan fingerprint density at radius 1 is 1.12 bits per heavy atom. The van der Waals surface area contributed by atoms with Gasteiger partial charge in [-0.2, -0.15) is 0 Å². The normalized spacial score (nSPS) is 20.4. The van der Waals surface area contributed by atoms with Crippen molar-refractivity contribution in [2.45, 2.75) is 31.7 Å². The zero-order valence-corrected chi connectivity index (χ0v) is 14.7. The molecule has 0 spiro atoms. The Labute approximate surface area is 148 Å². The fourth-order valence-electron chi connectivity index (χ4n) is 3.74. The van der Waals surface area contributed by atoms with E-state index in [9.17, 15) is 14.9 Å². The summed E-state index contributed by atoms with van der Waals surface area (Å²) in [4.78, 5) is 27.7. The van der Waals surface area contributed by atoms with Gasteiger partial charge in [0.05, 0.1) is 4.92 Å². The smallest absolute Gasteiger partial charge is 0.292 e. The molecular weight excluding hydrogens is 320 g/mol. The monoisotopic (exact) mass is 346 g/mol. The van der Waals surface area contributed by atoms with E-state index >= 15 is 0 Å². The van der Waals surface area contributed by atoms with Crippen LogP contribution < -0.4 is 10.2 Å². The molecule has 2 aliphatic rings. The number of amides is 1. The van der Waals surface area contributed by atoms with Crippen LogP contribution in [0.5, 0.6) is 0 Å². The van der Waals surface area contributed by atoms with Crippen LogP contribution in [0, 0.1) is 16.0 Å². The van der Waals surface area contributed by atoms with E-state index in [0.717, 1.165) is 38.8 Å². The molecule has 0 radical (unpaired) electrons. The molecule has 0 aromatic heterocycles. The van der Waals surface area contributed by atoms with E-state index < -0.39 is 0 Å². The number of rotatable bonds is 4. The Morgan fingerprint density at radius 2 is 1.76 bits per heavy atom. The van der Waals surface area contributed by atoms with E-state index in [1.807, 2.05) is 11.0 Å². The maximum atomic E-state index is 12.5. The summed E-state index contributed by atoms with van der Waals surface area (Å²) in [6.45, 7) is 3.41. The van der Waals surface area contributed by atoms with Crippen LogP contribution >= 0.6 is 0 Å². The SMILES string of the molecule is CN1CCC(NC(=O)C2CCN(c3ccccc3[N+](=O)[O-])CC2)CC1. The first-order valence-corrected chi connectivity index (χ1v) is 9.02. The minimum atomic E-state index is -0.339. The molecule has 3 rings (SSSR count). The minimum Gasteiger partial charge on any atom is -0.366 e. The standard InChI is InChI=1S/C18H26N4O3/c1-20-10-8-15(9-11-20)19-18(23)14-6-12-21(13-7-14)16-4-2-3-5-17(16)22(24)25/h2-5,14-15H,6-13H2,1H3,(H,19,23). The van der Waals surface area contributed by atoms with E-state index in [0.29, 0.717) is 18.8 Å². The number of hydrogen-bond donors (Lipinski definition) is 1. The van der Waals surface area contributed by atoms with Crippen molar-refractivity contribution in [2.75, 3.05) is 38.1 Å². The number of hydrogen-bond acceptors (Lipinski definition) is 5. The fourth-order valence-corrected chi connectivity index (χ4v) is 3.74. The number of nitro benzene ring substituents is 1. The third-order valence-corrected chi connectivity index (χ3v) is 5.35. The highest BCUT2D eigenvalue weighted by Gasteiger charge is 2.29. The molecule has 0 atom stereocenters. The molecule has 2 heterocycles. The molecule has 0 saturated carbocycles. The summed E-state index contributed by atoms with van der Waals surface area (Å²) >= 11 is 0. The van der Waals surface area contributed by atoms with E-state index in [-0.39, 0.29) is 28.5 Å². The van der Waals surface area contributed by atoms with Gasteiger partial charge < -0.3 is 15.1 Å². The van der Waals surface area contributed by atoms with Crippen LogP contribution in [0.1, 0.15) is 25.7 Å². The van der Waals surface area contributed by atoms with Crippen molar-refractivity contribution in [1.82, 2.24) is 10.2 Å². The Morgan fingerprint density at radius 3 is 2.40 bits per heavy atom. The minimum absolute atomic E-state index is 0.0127. The Hall–Kier alpha value is -2.15. The van der Waals surface area contributed by atoms with Crippen LogP contribution in [0.25, 0.3) is 0 Å². The second kappa shape index (κ2) is 7.82. The number of anilines is 1. The van der Waals surface area contributed by atoms with Gasteiger partial charge in [-0.05, 0) is 51.9 Å². The predicted octanol–water partition coefficient (Wildman–Crippen LogP) is 2.02. The van der Waals surface area contributed by atoms with Gasteiger partial charge in [0.2, 0.25) is 5.91 Å². The molecular formula is C18H26N4O3. The van der Waals surface area contributed by atoms with Crippen molar-refractivity contribution in [1.29, 1.82) is 0 Å². The summed E-state index contributed by atoms with van der Waals surface area (Å²) in [7, 11) is 2.11. The Kier molecular flexibility index (Phi) is 5.53. The van der Waals surface area contributed by atoms with Crippen LogP contribution in [-0.2, 0) is 4.79 Å². The number of nitrogens with zero attached hydrogens (tertiary/aromatic N) is 3. The molecule has 1 aromatic rings. The highest BCUT2D eigenvalue weighted by Crippen LogP contribution is 2.31. The molecule has 7 heteroatoms. The Bertz CT molecular complexity index is 621. The summed E-state index contributed by atoms with van der Waals surface area (Å²) < 4.78 is 0. The quantitative estimate of drug-likeness (QED) is 0.666. The van der Waals surface area contributed by atoms with Crippen LogP contribution in [-0.4, -0.2) is 55.0 Å². The van der Waals surface area contributed by atoms with E-state index in [1.54, 1.807) is 12.1 Å². The largest absolute Gasteiger partial charge is 0.366 e. The number of nitro groups is 1. The molecule has 0 bridgehead atoms. The predicted molar refractivity (Wildman–Crippen MR) is 96.7 cm³/mol. The van der Waals surface area contributed by atoms with E-state index in [2.05, 4.69) is 17.3 Å². The summed E-state index contributed by atoms with van der Waals surface area (Å²) in [5, 5.41) is 14.4. The van der Waals surface area contributed by atoms with Crippen molar-refractivity contribution in [3.63, 3.8) is 0 Å². The molecule has 7 nitrogen and oxygen atoms in total. The number of para-hydroxylation sites is 2. The topological polar surface area (TPSA) is 78.7 Å². The van der Waals surface area contributed by atoms with Crippen molar-refractivity contribution in [2.24, 2.45) is 5.92 Å². The van der Waals surface area contributed by atoms with Crippen LogP contribution in [0.4, 0.5) is 11.4 Å². The highest BCUT2D eigenvalue weighted by molar-refractivity contribution is 5.79. The molecule has 0 aliphatic carbocycles. The molecule has 0 unspecified atom stereocenters. The third kappa shape index (κ3) is 4.28. The lowest BCUT2D eigenvalue weighted by Crippen LogP contribution is -2.47. The molecule has 2 aliphatic heterocycles. The lowest BCUT2D eigenvalue weighted by molar-refractivity contribution is -0.384. The number of carbonyl (C=O) groups excluding carboxylic acids is 1. The number of carbonyl (C=O) groups is 1. The van der Waals surface area contributed by atoms with Crippen LogP contribution in [0.2, 0.25) is 0 Å². The van der Waals surface area contributed by atoms with Gasteiger partial charge in [-0.15, -0.1) is 0 Å². The molecule has 136 valence electrons. The van der Waals surface area contributed by atoms with Gasteiger partial charge in [-0.1, -0.05) is 12.1 Å². The summed E-state index contributed by atoms with van der Waals surface area (Å²) in [5.74, 6) is 0.162. The van der Waals surface area contributed by atoms with Crippen LogP contribution in [0.15, 0.2) is 24.3 Å². The van der Waals surface area contributed by atoms with Gasteiger partial charge >= 0.3 is 0 Å². The summed E-state index contributed by atoms with van der Waals surface area (Å²) in [5.41, 5.74) is 0.790. The average Bonchev–Trinajstić information content (AvgIpc) is 2.63. The molecule has 2 fully saturated rings. The number of benzene rings is 1.